The fourth-order valence-corrected chi connectivity index (χ4v) is 3.63. The summed E-state index contributed by atoms with van der Waals surface area (Å²) in [7, 11) is 1.67. The summed E-state index contributed by atoms with van der Waals surface area (Å²) in [6, 6.07) is 7.86. The van der Waals surface area contributed by atoms with E-state index in [2.05, 4.69) is 0 Å². The number of ether oxygens (including phenoxy) is 1. The van der Waals surface area contributed by atoms with Gasteiger partial charge >= 0.3 is 0 Å². The maximum absolute atomic E-state index is 10.5. The number of aliphatic hydroxyl groups is 1. The van der Waals surface area contributed by atoms with Crippen LogP contribution in [0.25, 0.3) is 0 Å². The SMILES string of the molecule is COc1ccccc1C(O)C1C2CCCCC21. The average molecular weight is 232 g/mol. The van der Waals surface area contributed by atoms with Crippen LogP contribution in [0.2, 0.25) is 0 Å². The van der Waals surface area contributed by atoms with E-state index in [0.717, 1.165) is 23.1 Å². The minimum Gasteiger partial charge on any atom is -0.496 e. The van der Waals surface area contributed by atoms with Gasteiger partial charge in [0.05, 0.1) is 13.2 Å². The van der Waals surface area contributed by atoms with Gasteiger partial charge in [-0.3, -0.25) is 0 Å². The van der Waals surface area contributed by atoms with Gasteiger partial charge < -0.3 is 9.84 Å². The largest absolute Gasteiger partial charge is 0.496 e. The van der Waals surface area contributed by atoms with Crippen molar-refractivity contribution in [1.82, 2.24) is 0 Å². The number of aliphatic hydroxyl groups excluding tert-OH is 1. The molecule has 92 valence electrons. The average Bonchev–Trinajstić information content (AvgIpc) is 3.12. The van der Waals surface area contributed by atoms with E-state index < -0.39 is 0 Å². The van der Waals surface area contributed by atoms with Crippen LogP contribution in [0.4, 0.5) is 0 Å². The third-order valence-electron chi connectivity index (χ3n) is 4.54. The van der Waals surface area contributed by atoms with Gasteiger partial charge in [-0.2, -0.15) is 0 Å². The molecule has 2 aliphatic rings. The molecule has 0 spiro atoms. The Morgan fingerprint density at radius 2 is 1.82 bits per heavy atom. The molecule has 0 heterocycles. The Labute approximate surface area is 103 Å². The molecule has 3 atom stereocenters. The normalized spacial score (nSPS) is 32.7. The molecule has 0 amide bonds. The van der Waals surface area contributed by atoms with Crippen LogP contribution in [-0.2, 0) is 0 Å². The zero-order valence-electron chi connectivity index (χ0n) is 10.3. The second-order valence-electron chi connectivity index (χ2n) is 5.38. The summed E-state index contributed by atoms with van der Waals surface area (Å²) in [6.07, 6.45) is 4.97. The third-order valence-corrected chi connectivity index (χ3v) is 4.54. The van der Waals surface area contributed by atoms with E-state index >= 15 is 0 Å². The lowest BCUT2D eigenvalue weighted by Gasteiger charge is -2.14. The number of hydrogen-bond acceptors (Lipinski definition) is 2. The summed E-state index contributed by atoms with van der Waals surface area (Å²) in [5.41, 5.74) is 0.967. The molecule has 17 heavy (non-hydrogen) atoms. The molecule has 0 aliphatic heterocycles. The quantitative estimate of drug-likeness (QED) is 0.867. The van der Waals surface area contributed by atoms with Crippen molar-refractivity contribution in [2.24, 2.45) is 17.8 Å². The standard InChI is InChI=1S/C15H20O2/c1-17-13-9-5-4-8-12(13)15(16)14-10-6-2-3-7-11(10)14/h4-5,8-11,14-16H,2-3,6-7H2,1H3. The Balaban J connectivity index is 1.80. The molecule has 2 saturated carbocycles. The molecule has 0 radical (unpaired) electrons. The van der Waals surface area contributed by atoms with Gasteiger partial charge in [-0.15, -0.1) is 0 Å². The highest BCUT2D eigenvalue weighted by molar-refractivity contribution is 5.36. The molecule has 2 aliphatic carbocycles. The van der Waals surface area contributed by atoms with Crippen molar-refractivity contribution in [2.75, 3.05) is 7.11 Å². The molecule has 1 aromatic carbocycles. The molecule has 1 aromatic rings. The first kappa shape index (κ1) is 11.1. The van der Waals surface area contributed by atoms with Crippen LogP contribution in [0.15, 0.2) is 24.3 Å². The molecule has 3 rings (SSSR count). The highest BCUT2D eigenvalue weighted by atomic mass is 16.5. The van der Waals surface area contributed by atoms with Gasteiger partial charge in [0.25, 0.3) is 0 Å². The number of benzene rings is 1. The molecule has 3 unspecified atom stereocenters. The first-order valence-corrected chi connectivity index (χ1v) is 6.64. The number of hydrogen-bond donors (Lipinski definition) is 1. The van der Waals surface area contributed by atoms with Crippen LogP contribution >= 0.6 is 0 Å². The molecule has 0 aromatic heterocycles. The van der Waals surface area contributed by atoms with E-state index in [0.29, 0.717) is 5.92 Å². The maximum Gasteiger partial charge on any atom is 0.124 e. The van der Waals surface area contributed by atoms with Gasteiger partial charge in [-0.05, 0) is 36.7 Å². The Hall–Kier alpha value is -1.02. The second-order valence-corrected chi connectivity index (χ2v) is 5.38. The van der Waals surface area contributed by atoms with Crippen molar-refractivity contribution < 1.29 is 9.84 Å². The summed E-state index contributed by atoms with van der Waals surface area (Å²) in [5, 5.41) is 10.5. The molecule has 2 heteroatoms. The lowest BCUT2D eigenvalue weighted by Crippen LogP contribution is -2.04. The van der Waals surface area contributed by atoms with Crippen molar-refractivity contribution in [3.8, 4) is 5.75 Å². The van der Waals surface area contributed by atoms with Crippen LogP contribution < -0.4 is 4.74 Å². The van der Waals surface area contributed by atoms with Crippen LogP contribution in [0, 0.1) is 17.8 Å². The van der Waals surface area contributed by atoms with Gasteiger partial charge in [-0.25, -0.2) is 0 Å². The zero-order valence-corrected chi connectivity index (χ0v) is 10.3. The summed E-state index contributed by atoms with van der Waals surface area (Å²) in [6.45, 7) is 0. The minimum atomic E-state index is -0.334. The molecule has 1 N–H and O–H groups in total. The number of fused-ring (bicyclic) bond motifs is 1. The predicted molar refractivity (Wildman–Crippen MR) is 66.9 cm³/mol. The summed E-state index contributed by atoms with van der Waals surface area (Å²) >= 11 is 0. The number of rotatable bonds is 3. The third kappa shape index (κ3) is 1.85. The van der Waals surface area contributed by atoms with Crippen molar-refractivity contribution >= 4 is 0 Å². The maximum atomic E-state index is 10.5. The smallest absolute Gasteiger partial charge is 0.124 e. The summed E-state index contributed by atoms with van der Waals surface area (Å²) in [5.74, 6) is 2.84. The van der Waals surface area contributed by atoms with E-state index in [1.807, 2.05) is 24.3 Å². The number of para-hydroxylation sites is 1. The molecular formula is C15H20O2. The van der Waals surface area contributed by atoms with Crippen molar-refractivity contribution in [3.63, 3.8) is 0 Å². The molecule has 2 fully saturated rings. The van der Waals surface area contributed by atoms with E-state index in [1.165, 1.54) is 25.7 Å². The van der Waals surface area contributed by atoms with Crippen LogP contribution in [-0.4, -0.2) is 12.2 Å². The fourth-order valence-electron chi connectivity index (χ4n) is 3.63. The van der Waals surface area contributed by atoms with Gasteiger partial charge in [0.15, 0.2) is 0 Å². The summed E-state index contributed by atoms with van der Waals surface area (Å²) < 4.78 is 5.34. The molecule has 2 nitrogen and oxygen atoms in total. The fraction of sp³-hybridized carbons (Fsp3) is 0.600. The Morgan fingerprint density at radius 1 is 1.18 bits per heavy atom. The van der Waals surface area contributed by atoms with Crippen molar-refractivity contribution in [1.29, 1.82) is 0 Å². The zero-order chi connectivity index (χ0) is 11.8. The molecular weight excluding hydrogens is 212 g/mol. The predicted octanol–water partition coefficient (Wildman–Crippen LogP) is 3.16. The Kier molecular flexibility index (Phi) is 2.83. The Morgan fingerprint density at radius 3 is 2.47 bits per heavy atom. The van der Waals surface area contributed by atoms with Crippen LogP contribution in [0.3, 0.4) is 0 Å². The highest BCUT2D eigenvalue weighted by Gasteiger charge is 2.54. The number of methoxy groups -OCH3 is 1. The first-order chi connectivity index (χ1) is 8.33. The van der Waals surface area contributed by atoms with E-state index in [4.69, 9.17) is 4.74 Å². The lowest BCUT2D eigenvalue weighted by molar-refractivity contribution is 0.138. The van der Waals surface area contributed by atoms with Gasteiger partial charge in [0, 0.05) is 5.56 Å². The summed E-state index contributed by atoms with van der Waals surface area (Å²) in [4.78, 5) is 0. The molecule has 0 saturated heterocycles. The minimum absolute atomic E-state index is 0.334. The van der Waals surface area contributed by atoms with E-state index in [1.54, 1.807) is 7.11 Å². The first-order valence-electron chi connectivity index (χ1n) is 6.64. The molecule has 0 bridgehead atoms. The van der Waals surface area contributed by atoms with Gasteiger partial charge in [0.1, 0.15) is 5.75 Å². The topological polar surface area (TPSA) is 29.5 Å². The lowest BCUT2D eigenvalue weighted by atomic mass is 10.0. The van der Waals surface area contributed by atoms with Crippen molar-refractivity contribution in [3.05, 3.63) is 29.8 Å². The Bertz CT molecular complexity index is 390. The van der Waals surface area contributed by atoms with Crippen LogP contribution in [0.5, 0.6) is 5.75 Å². The van der Waals surface area contributed by atoms with Gasteiger partial charge in [0.2, 0.25) is 0 Å². The van der Waals surface area contributed by atoms with Crippen molar-refractivity contribution in [2.45, 2.75) is 31.8 Å². The monoisotopic (exact) mass is 232 g/mol. The highest BCUT2D eigenvalue weighted by Crippen LogP contribution is 2.60. The second kappa shape index (κ2) is 4.34. The van der Waals surface area contributed by atoms with E-state index in [9.17, 15) is 5.11 Å². The van der Waals surface area contributed by atoms with Crippen LogP contribution in [0.1, 0.15) is 37.4 Å². The van der Waals surface area contributed by atoms with E-state index in [-0.39, 0.29) is 6.10 Å². The van der Waals surface area contributed by atoms with Gasteiger partial charge in [-0.1, -0.05) is 31.0 Å².